The molecule has 644 valence electrons. The van der Waals surface area contributed by atoms with Gasteiger partial charge in [0.2, 0.25) is 0 Å². The standard InChI is InChI=1S/C44H92O8Si4.C38H76O10Si6/c1-7-9-11-13-15-17-19-21-23-25-27-29-35-53(3)49-55(5,37-31-33-45-39-43-41-47-43)51-54(4,36-30-28-26-24-22-20-18-16-14-12-10-8-2)52-56(6,50-53)38-32-34-46-40-44-42-48-44;1-11-39-53(40-12-2,41-13-3)27-25-51(9)45-49(7,23-21-37-31-33-17-19-35(37)29-33)47-52(10,26-28-54(42-14-4,43-15-5)44-16-6)48-50(8,46-51)24-22-38-32-34-18-20-36(38)30-34/h43-44H,7-42H2,1-6H3;17-20,33-38H,11-16,21-32H2,1-10H3. The lowest BCUT2D eigenvalue weighted by Gasteiger charge is -2.51. The first-order valence-corrected chi connectivity index (χ1v) is 70.1. The van der Waals surface area contributed by atoms with Crippen molar-refractivity contribution in [2.75, 3.05) is 79.3 Å². The Morgan fingerprint density at radius 2 is 0.536 bits per heavy atom. The minimum Gasteiger partial charge on any atom is -0.416 e. The van der Waals surface area contributed by atoms with Gasteiger partial charge in [0.25, 0.3) is 0 Å². The van der Waals surface area contributed by atoms with Crippen LogP contribution in [0.3, 0.4) is 0 Å². The molecule has 8 aliphatic rings. The van der Waals surface area contributed by atoms with Gasteiger partial charge in [-0.15, -0.1) is 0 Å². The number of rotatable bonds is 62. The smallest absolute Gasteiger partial charge is 0.416 e. The van der Waals surface area contributed by atoms with E-state index >= 15 is 0 Å². The van der Waals surface area contributed by atoms with E-state index < -0.39 is 86.1 Å². The number of unbranched alkanes of at least 4 members (excludes halogenated alkanes) is 22. The van der Waals surface area contributed by atoms with Crippen LogP contribution in [0, 0.1) is 35.5 Å². The summed E-state index contributed by atoms with van der Waals surface area (Å²) in [6.07, 6.45) is 52.1. The largest absolute Gasteiger partial charge is 0.500 e. The molecule has 8 atom stereocenters. The molecule has 4 bridgehead atoms. The summed E-state index contributed by atoms with van der Waals surface area (Å²) in [6.45, 7) is 43.1. The molecule has 0 spiro atoms. The second kappa shape index (κ2) is 50.4. The number of ether oxygens (including phenoxy) is 4. The lowest BCUT2D eigenvalue weighted by Crippen LogP contribution is -2.68. The van der Waals surface area contributed by atoms with E-state index in [4.69, 9.17) is 78.4 Å². The summed E-state index contributed by atoms with van der Waals surface area (Å²) in [6, 6.07) is 8.50. The van der Waals surface area contributed by atoms with E-state index in [1.54, 1.807) is 0 Å². The van der Waals surface area contributed by atoms with E-state index in [1.807, 2.05) is 41.5 Å². The molecule has 6 fully saturated rings. The molecule has 4 saturated heterocycles. The van der Waals surface area contributed by atoms with Crippen molar-refractivity contribution in [3.8, 4) is 0 Å². The van der Waals surface area contributed by atoms with E-state index in [-0.39, 0.29) is 0 Å². The molecule has 4 aliphatic heterocycles. The van der Waals surface area contributed by atoms with E-state index in [0.717, 1.165) is 125 Å². The van der Waals surface area contributed by atoms with Crippen molar-refractivity contribution >= 4 is 86.1 Å². The van der Waals surface area contributed by atoms with Crippen LogP contribution in [-0.2, 0) is 78.4 Å². The van der Waals surface area contributed by atoms with Crippen LogP contribution in [0.2, 0.25) is 113 Å². The van der Waals surface area contributed by atoms with Gasteiger partial charge in [0.15, 0.2) is 0 Å². The molecule has 0 radical (unpaired) electrons. The molecule has 0 aromatic carbocycles. The van der Waals surface area contributed by atoms with Crippen molar-refractivity contribution in [1.29, 1.82) is 0 Å². The van der Waals surface area contributed by atoms with Crippen LogP contribution >= 0.6 is 0 Å². The van der Waals surface area contributed by atoms with Crippen molar-refractivity contribution in [2.45, 2.75) is 386 Å². The van der Waals surface area contributed by atoms with Crippen molar-refractivity contribution in [3.63, 3.8) is 0 Å². The Kier molecular flexibility index (Phi) is 44.9. The Morgan fingerprint density at radius 1 is 0.291 bits per heavy atom. The van der Waals surface area contributed by atoms with Crippen molar-refractivity contribution in [3.05, 3.63) is 24.3 Å². The highest BCUT2D eigenvalue weighted by atomic mass is 28.5. The van der Waals surface area contributed by atoms with Crippen LogP contribution in [-0.4, -0.2) is 178 Å². The van der Waals surface area contributed by atoms with Gasteiger partial charge in [-0.25, -0.2) is 0 Å². The maximum Gasteiger partial charge on any atom is 0.500 e. The summed E-state index contributed by atoms with van der Waals surface area (Å²) in [7, 11) is -27.9. The number of hydrogen-bond donors (Lipinski definition) is 0. The summed E-state index contributed by atoms with van der Waals surface area (Å²) in [5.74, 6) is 4.20. The average molecular weight is 1720 g/mol. The third-order valence-electron chi connectivity index (χ3n) is 24.4. The Balaban J connectivity index is 0.000000306. The SMILES string of the molecule is CCCCCCCCCCCCCC[Si]1(C)O[Si](C)(CCCOCC2CO2)O[Si](C)(CCCCCCCCCCCCCC)O[Si](C)(CCCOCC2CO2)O1.CCO[Si](CC[Si]1(C)O[Si](C)(CCC2CC3C=CC2C3)O[Si](C)(CC[Si](OCC)(OCC)OCC)O[Si](C)(CCC2CC3C=CC2C3)O1)(OCC)OCC. The summed E-state index contributed by atoms with van der Waals surface area (Å²) in [4.78, 5) is 0. The average Bonchev–Trinajstić information content (AvgIpc) is 1.57. The number of fused-ring (bicyclic) bond motifs is 4. The minimum atomic E-state index is -2.95. The first-order valence-electron chi connectivity index (χ1n) is 46.0. The predicted molar refractivity (Wildman–Crippen MR) is 470 cm³/mol. The summed E-state index contributed by atoms with van der Waals surface area (Å²) in [5, 5.41) is 0. The molecule has 0 N–H and O–H groups in total. The Bertz CT molecular complexity index is 2300. The Labute approximate surface area is 684 Å². The fourth-order valence-corrected chi connectivity index (χ4v) is 74.4. The molecule has 0 amide bonds. The quantitative estimate of drug-likeness (QED) is 0.0243. The molecule has 4 aliphatic carbocycles. The van der Waals surface area contributed by atoms with Gasteiger partial charge in [-0.05, 0) is 229 Å². The third-order valence-corrected chi connectivity index (χ3v) is 68.9. The van der Waals surface area contributed by atoms with Crippen molar-refractivity contribution in [2.24, 2.45) is 35.5 Å². The molecule has 18 nitrogen and oxygen atoms in total. The molecule has 0 aromatic heterocycles. The van der Waals surface area contributed by atoms with E-state index in [9.17, 15) is 0 Å². The highest BCUT2D eigenvalue weighted by Crippen LogP contribution is 2.50. The Morgan fingerprint density at radius 3 is 0.773 bits per heavy atom. The summed E-state index contributed by atoms with van der Waals surface area (Å²) in [5.41, 5.74) is 0. The van der Waals surface area contributed by atoms with E-state index in [1.165, 1.54) is 167 Å². The molecule has 8 rings (SSSR count). The number of hydrogen-bond acceptors (Lipinski definition) is 18. The third kappa shape index (κ3) is 36.3. The lowest BCUT2D eigenvalue weighted by atomic mass is 9.91. The fourth-order valence-electron chi connectivity index (χ4n) is 19.1. The molecular formula is C82H168O18Si10. The van der Waals surface area contributed by atoms with Crippen LogP contribution in [0.15, 0.2) is 24.3 Å². The fraction of sp³-hybridized carbons (Fsp3) is 0.951. The first-order chi connectivity index (χ1) is 52.8. The summed E-state index contributed by atoms with van der Waals surface area (Å²) >= 11 is 0. The minimum absolute atomic E-state index is 0.297. The second-order valence-corrected chi connectivity index (χ2v) is 69.7. The molecule has 4 heterocycles. The number of allylic oxidation sites excluding steroid dienone is 4. The van der Waals surface area contributed by atoms with Gasteiger partial charge < -0.3 is 78.4 Å². The highest BCUT2D eigenvalue weighted by Gasteiger charge is 2.61. The van der Waals surface area contributed by atoms with Gasteiger partial charge in [-0.1, -0.05) is 192 Å². The van der Waals surface area contributed by atoms with Crippen LogP contribution in [0.1, 0.15) is 261 Å². The normalized spacial score (nSPS) is 33.3. The molecule has 2 saturated carbocycles. The maximum atomic E-state index is 7.69. The number of epoxide rings is 2. The first kappa shape index (κ1) is 98.0. The maximum absolute atomic E-state index is 7.69. The van der Waals surface area contributed by atoms with Gasteiger partial charge in [0.1, 0.15) is 12.2 Å². The van der Waals surface area contributed by atoms with Gasteiger partial charge >= 0.3 is 86.1 Å². The molecule has 110 heavy (non-hydrogen) atoms. The van der Waals surface area contributed by atoms with Gasteiger partial charge in [0.05, 0.1) is 26.4 Å². The summed E-state index contributed by atoms with van der Waals surface area (Å²) < 4.78 is 122. The van der Waals surface area contributed by atoms with Crippen molar-refractivity contribution in [1.82, 2.24) is 0 Å². The lowest BCUT2D eigenvalue weighted by molar-refractivity contribution is 0.0714. The zero-order valence-corrected chi connectivity index (χ0v) is 83.5. The van der Waals surface area contributed by atoms with Gasteiger partial charge in [-0.3, -0.25) is 0 Å². The van der Waals surface area contributed by atoms with Crippen LogP contribution < -0.4 is 0 Å². The van der Waals surface area contributed by atoms with Gasteiger partial charge in [0, 0.05) is 64.9 Å². The molecule has 8 unspecified atom stereocenters. The highest BCUT2D eigenvalue weighted by molar-refractivity contribution is 6.95. The van der Waals surface area contributed by atoms with Crippen LogP contribution in [0.25, 0.3) is 0 Å². The van der Waals surface area contributed by atoms with Crippen LogP contribution in [0.4, 0.5) is 0 Å². The van der Waals surface area contributed by atoms with E-state index in [2.05, 4.69) is 90.5 Å². The van der Waals surface area contributed by atoms with Gasteiger partial charge in [-0.2, -0.15) is 0 Å². The van der Waals surface area contributed by atoms with Crippen LogP contribution in [0.5, 0.6) is 0 Å². The van der Waals surface area contributed by atoms with Crippen molar-refractivity contribution < 1.29 is 78.4 Å². The predicted octanol–water partition coefficient (Wildman–Crippen LogP) is 23.0. The Hall–Kier alpha value is 0.929. The zero-order chi connectivity index (χ0) is 79.4. The molecular weight excluding hydrogens is 1550 g/mol. The molecule has 0 aromatic rings. The van der Waals surface area contributed by atoms with E-state index in [0.29, 0.717) is 101 Å². The molecule has 28 heteroatoms. The second-order valence-electron chi connectivity index (χ2n) is 35.6. The topological polar surface area (TPSA) is 173 Å². The zero-order valence-electron chi connectivity index (χ0n) is 73.5. The monoisotopic (exact) mass is 1720 g/mol.